The lowest BCUT2D eigenvalue weighted by molar-refractivity contribution is 0.213. The Hall–Kier alpha value is -0.930. The van der Waals surface area contributed by atoms with Crippen LogP contribution in [0.2, 0.25) is 0 Å². The van der Waals surface area contributed by atoms with Gasteiger partial charge < -0.3 is 4.90 Å². The first kappa shape index (κ1) is 13.1. The second kappa shape index (κ2) is 4.88. The molecule has 2 aliphatic rings. The fourth-order valence-corrected chi connectivity index (χ4v) is 3.89. The summed E-state index contributed by atoms with van der Waals surface area (Å²) in [5.41, 5.74) is 2.18. The highest BCUT2D eigenvalue weighted by atomic mass is 19.1. The zero-order chi connectivity index (χ0) is 13.6. The molecule has 0 N–H and O–H groups in total. The molecule has 0 radical (unpaired) electrons. The van der Waals surface area contributed by atoms with Crippen molar-refractivity contribution < 1.29 is 4.39 Å². The summed E-state index contributed by atoms with van der Waals surface area (Å²) in [5.74, 6) is 0.645. The molecule has 2 nitrogen and oxygen atoms in total. The number of nitrogens with zero attached hydrogens (tertiary/aromatic N) is 2. The van der Waals surface area contributed by atoms with E-state index in [0.717, 1.165) is 31.5 Å². The zero-order valence-corrected chi connectivity index (χ0v) is 12.1. The Morgan fingerprint density at radius 3 is 2.74 bits per heavy atom. The van der Waals surface area contributed by atoms with E-state index in [0.29, 0.717) is 18.0 Å². The van der Waals surface area contributed by atoms with Crippen LogP contribution in [0.4, 0.5) is 4.39 Å². The standard InChI is InChI=1S/C16H23FN2/c1-11-9-19(10-15(11)18(2)3)14-8-7-12-5-4-6-13(17)16(12)14/h4-6,11,14-15H,7-10H2,1-3H3/t11-,14+,15-/m0/s1. The van der Waals surface area contributed by atoms with Gasteiger partial charge in [-0.05, 0) is 44.5 Å². The summed E-state index contributed by atoms with van der Waals surface area (Å²) >= 11 is 0. The minimum atomic E-state index is -0.0130. The Bertz CT molecular complexity index is 472. The molecule has 3 rings (SSSR count). The van der Waals surface area contributed by atoms with Gasteiger partial charge in [0.2, 0.25) is 0 Å². The van der Waals surface area contributed by atoms with Gasteiger partial charge in [0.25, 0.3) is 0 Å². The molecule has 0 amide bonds. The molecule has 0 aromatic heterocycles. The third-order valence-corrected chi connectivity index (χ3v) is 4.87. The summed E-state index contributed by atoms with van der Waals surface area (Å²) in [7, 11) is 4.29. The van der Waals surface area contributed by atoms with Crippen molar-refractivity contribution in [1.29, 1.82) is 0 Å². The van der Waals surface area contributed by atoms with Crippen molar-refractivity contribution in [2.75, 3.05) is 27.2 Å². The molecule has 0 bridgehead atoms. The number of fused-ring (bicyclic) bond motifs is 1. The van der Waals surface area contributed by atoms with E-state index in [9.17, 15) is 4.39 Å². The van der Waals surface area contributed by atoms with Crippen LogP contribution in [0.1, 0.15) is 30.5 Å². The minimum Gasteiger partial charge on any atom is -0.305 e. The predicted molar refractivity (Wildman–Crippen MR) is 75.7 cm³/mol. The Morgan fingerprint density at radius 2 is 2.05 bits per heavy atom. The van der Waals surface area contributed by atoms with Gasteiger partial charge in [-0.2, -0.15) is 0 Å². The van der Waals surface area contributed by atoms with Crippen molar-refractivity contribution in [2.24, 2.45) is 5.92 Å². The van der Waals surface area contributed by atoms with Crippen LogP contribution in [-0.2, 0) is 6.42 Å². The van der Waals surface area contributed by atoms with Gasteiger partial charge in [0.05, 0.1) is 0 Å². The summed E-state index contributed by atoms with van der Waals surface area (Å²) in [5, 5.41) is 0. The number of benzene rings is 1. The Balaban J connectivity index is 1.84. The molecule has 19 heavy (non-hydrogen) atoms. The maximum atomic E-state index is 14.1. The number of rotatable bonds is 2. The van der Waals surface area contributed by atoms with Crippen LogP contribution in [0.5, 0.6) is 0 Å². The Kier molecular flexibility index (Phi) is 3.35. The van der Waals surface area contributed by atoms with E-state index in [1.54, 1.807) is 6.07 Å². The van der Waals surface area contributed by atoms with Crippen LogP contribution in [-0.4, -0.2) is 43.0 Å². The largest absolute Gasteiger partial charge is 0.305 e. The average Bonchev–Trinajstić information content (AvgIpc) is 2.93. The van der Waals surface area contributed by atoms with Crippen LogP contribution < -0.4 is 0 Å². The molecule has 1 aliphatic heterocycles. The first-order chi connectivity index (χ1) is 9.08. The minimum absolute atomic E-state index is 0.0130. The molecule has 0 saturated carbocycles. The van der Waals surface area contributed by atoms with Crippen molar-refractivity contribution in [3.8, 4) is 0 Å². The molecule has 3 heteroatoms. The molecule has 1 fully saturated rings. The van der Waals surface area contributed by atoms with Gasteiger partial charge in [0.1, 0.15) is 5.82 Å². The van der Waals surface area contributed by atoms with Crippen LogP contribution in [0.3, 0.4) is 0 Å². The van der Waals surface area contributed by atoms with Crippen LogP contribution in [0.15, 0.2) is 18.2 Å². The molecule has 1 saturated heterocycles. The monoisotopic (exact) mass is 262 g/mol. The number of halogens is 1. The van der Waals surface area contributed by atoms with Gasteiger partial charge in [0.15, 0.2) is 0 Å². The van der Waals surface area contributed by atoms with Gasteiger partial charge in [-0.15, -0.1) is 0 Å². The first-order valence-corrected chi connectivity index (χ1v) is 7.25. The van der Waals surface area contributed by atoms with E-state index in [4.69, 9.17) is 0 Å². The molecule has 1 aliphatic carbocycles. The van der Waals surface area contributed by atoms with Crippen molar-refractivity contribution in [1.82, 2.24) is 9.80 Å². The summed E-state index contributed by atoms with van der Waals surface area (Å²) in [6, 6.07) is 6.42. The van der Waals surface area contributed by atoms with Crippen molar-refractivity contribution in [3.05, 3.63) is 35.1 Å². The molecule has 1 aromatic rings. The maximum absolute atomic E-state index is 14.1. The number of likely N-dealkylation sites (tertiary alicyclic amines) is 1. The third-order valence-electron chi connectivity index (χ3n) is 4.87. The highest BCUT2D eigenvalue weighted by Gasteiger charge is 2.38. The van der Waals surface area contributed by atoms with E-state index < -0.39 is 0 Å². The molecule has 1 aromatic carbocycles. The van der Waals surface area contributed by atoms with Gasteiger partial charge in [0, 0.05) is 30.7 Å². The maximum Gasteiger partial charge on any atom is 0.128 e. The number of hydrogen-bond acceptors (Lipinski definition) is 2. The summed E-state index contributed by atoms with van der Waals surface area (Å²) in [6.45, 7) is 4.45. The lowest BCUT2D eigenvalue weighted by Gasteiger charge is -2.26. The second-order valence-electron chi connectivity index (χ2n) is 6.33. The lowest BCUT2D eigenvalue weighted by atomic mass is 10.1. The SMILES string of the molecule is C[C@H]1CN([C@@H]2CCc3cccc(F)c32)C[C@@H]1N(C)C. The molecule has 104 valence electrons. The number of aryl methyl sites for hydroxylation is 1. The van der Waals surface area contributed by atoms with E-state index in [1.165, 1.54) is 5.56 Å². The average molecular weight is 262 g/mol. The highest BCUT2D eigenvalue weighted by Crippen LogP contribution is 2.40. The van der Waals surface area contributed by atoms with Crippen molar-refractivity contribution >= 4 is 0 Å². The fourth-order valence-electron chi connectivity index (χ4n) is 3.89. The molecule has 0 spiro atoms. The van der Waals surface area contributed by atoms with Crippen LogP contribution >= 0.6 is 0 Å². The van der Waals surface area contributed by atoms with Crippen LogP contribution in [0.25, 0.3) is 0 Å². The Morgan fingerprint density at radius 1 is 1.26 bits per heavy atom. The summed E-state index contributed by atoms with van der Waals surface area (Å²) in [4.78, 5) is 4.80. The molecule has 3 atom stereocenters. The number of likely N-dealkylation sites (N-methyl/N-ethyl adjacent to an activating group) is 1. The quantitative estimate of drug-likeness (QED) is 0.808. The lowest BCUT2D eigenvalue weighted by Crippen LogP contribution is -2.35. The van der Waals surface area contributed by atoms with Gasteiger partial charge in [-0.25, -0.2) is 4.39 Å². The molecule has 1 heterocycles. The first-order valence-electron chi connectivity index (χ1n) is 7.25. The van der Waals surface area contributed by atoms with E-state index in [-0.39, 0.29) is 5.82 Å². The van der Waals surface area contributed by atoms with Crippen molar-refractivity contribution in [2.45, 2.75) is 31.8 Å². The normalized spacial score (nSPS) is 31.1. The summed E-state index contributed by atoms with van der Waals surface area (Å²) < 4.78 is 14.1. The molecular weight excluding hydrogens is 239 g/mol. The van der Waals surface area contributed by atoms with Gasteiger partial charge in [-0.1, -0.05) is 19.1 Å². The molecular formula is C16H23FN2. The van der Waals surface area contributed by atoms with Crippen LogP contribution in [0, 0.1) is 11.7 Å². The highest BCUT2D eigenvalue weighted by molar-refractivity contribution is 5.36. The number of hydrogen-bond donors (Lipinski definition) is 0. The predicted octanol–water partition coefficient (Wildman–Crippen LogP) is 2.69. The van der Waals surface area contributed by atoms with Crippen molar-refractivity contribution in [3.63, 3.8) is 0 Å². The second-order valence-corrected chi connectivity index (χ2v) is 6.33. The van der Waals surface area contributed by atoms with Gasteiger partial charge >= 0.3 is 0 Å². The third kappa shape index (κ3) is 2.19. The van der Waals surface area contributed by atoms with E-state index in [2.05, 4.69) is 36.9 Å². The smallest absolute Gasteiger partial charge is 0.128 e. The van der Waals surface area contributed by atoms with Gasteiger partial charge in [-0.3, -0.25) is 4.90 Å². The molecule has 0 unspecified atom stereocenters. The fraction of sp³-hybridized carbons (Fsp3) is 0.625. The Labute approximate surface area is 115 Å². The van der Waals surface area contributed by atoms with E-state index >= 15 is 0 Å². The topological polar surface area (TPSA) is 6.48 Å². The summed E-state index contributed by atoms with van der Waals surface area (Å²) in [6.07, 6.45) is 2.10. The zero-order valence-electron chi connectivity index (χ0n) is 12.1. The van der Waals surface area contributed by atoms with E-state index in [1.807, 2.05) is 6.07 Å².